The summed E-state index contributed by atoms with van der Waals surface area (Å²) < 4.78 is 13.5. The molecule has 0 radical (unpaired) electrons. The standard InChI is InChI=1S/C24H23FN2O3/c1-2-3-6-13-27-21(15-9-11-16(25)12-10-15)20(23(29)24(27)30)22(28)18-14-26-19-8-5-4-7-17(18)19/h4-5,7-12,14,21,26,28H,2-3,6,13H2,1H3/b22-20-. The lowest BCUT2D eigenvalue weighted by molar-refractivity contribution is -0.139. The van der Waals surface area contributed by atoms with E-state index in [0.717, 1.165) is 30.2 Å². The second-order valence-corrected chi connectivity index (χ2v) is 7.50. The van der Waals surface area contributed by atoms with E-state index in [0.29, 0.717) is 17.7 Å². The molecule has 1 aliphatic rings. The third-order valence-corrected chi connectivity index (χ3v) is 5.57. The molecule has 1 aliphatic heterocycles. The fourth-order valence-corrected chi connectivity index (χ4v) is 4.05. The fourth-order valence-electron chi connectivity index (χ4n) is 4.05. The maximum absolute atomic E-state index is 13.5. The minimum Gasteiger partial charge on any atom is -0.507 e. The quantitative estimate of drug-likeness (QED) is 0.264. The van der Waals surface area contributed by atoms with Gasteiger partial charge in [-0.25, -0.2) is 4.39 Å². The van der Waals surface area contributed by atoms with Crippen molar-refractivity contribution < 1.29 is 19.1 Å². The van der Waals surface area contributed by atoms with Crippen molar-refractivity contribution in [3.05, 3.63) is 77.2 Å². The van der Waals surface area contributed by atoms with Gasteiger partial charge in [0, 0.05) is 29.2 Å². The molecule has 0 aliphatic carbocycles. The first-order chi connectivity index (χ1) is 14.5. The van der Waals surface area contributed by atoms with Gasteiger partial charge in [-0.3, -0.25) is 9.59 Å². The Bertz CT molecular complexity index is 1130. The van der Waals surface area contributed by atoms with Gasteiger partial charge in [0.1, 0.15) is 11.6 Å². The van der Waals surface area contributed by atoms with Crippen LogP contribution in [0.4, 0.5) is 4.39 Å². The van der Waals surface area contributed by atoms with Crippen LogP contribution in [0.1, 0.15) is 43.4 Å². The lowest BCUT2D eigenvalue weighted by Crippen LogP contribution is -2.30. The van der Waals surface area contributed by atoms with Gasteiger partial charge in [-0.1, -0.05) is 50.1 Å². The number of Topliss-reactive ketones (excluding diaryl/α,β-unsaturated/α-hetero) is 1. The molecule has 0 bridgehead atoms. The molecule has 0 spiro atoms. The van der Waals surface area contributed by atoms with E-state index in [1.807, 2.05) is 24.3 Å². The molecule has 2 aromatic carbocycles. The number of aromatic amines is 1. The number of para-hydroxylation sites is 1. The van der Waals surface area contributed by atoms with E-state index in [9.17, 15) is 19.1 Å². The Morgan fingerprint density at radius 3 is 2.57 bits per heavy atom. The van der Waals surface area contributed by atoms with E-state index in [4.69, 9.17) is 0 Å². The molecule has 3 aromatic rings. The van der Waals surface area contributed by atoms with Crippen LogP contribution in [0.3, 0.4) is 0 Å². The molecule has 4 rings (SSSR count). The molecule has 1 aromatic heterocycles. The number of H-pyrrole nitrogens is 1. The normalized spacial score (nSPS) is 18.5. The van der Waals surface area contributed by atoms with Crippen molar-refractivity contribution in [1.82, 2.24) is 9.88 Å². The Morgan fingerprint density at radius 1 is 1.10 bits per heavy atom. The molecular formula is C24H23FN2O3. The van der Waals surface area contributed by atoms with Crippen molar-refractivity contribution >= 4 is 28.4 Å². The molecule has 154 valence electrons. The van der Waals surface area contributed by atoms with Crippen LogP contribution in [0, 0.1) is 5.82 Å². The fraction of sp³-hybridized carbons (Fsp3) is 0.250. The molecule has 30 heavy (non-hydrogen) atoms. The van der Waals surface area contributed by atoms with Crippen molar-refractivity contribution in [1.29, 1.82) is 0 Å². The average Bonchev–Trinajstić information content (AvgIpc) is 3.29. The van der Waals surface area contributed by atoms with Crippen molar-refractivity contribution in [3.8, 4) is 0 Å². The van der Waals surface area contributed by atoms with Crippen LogP contribution in [-0.2, 0) is 9.59 Å². The van der Waals surface area contributed by atoms with E-state index in [1.165, 1.54) is 17.0 Å². The number of likely N-dealkylation sites (tertiary alicyclic amines) is 1. The first kappa shape index (κ1) is 19.9. The number of rotatable bonds is 6. The van der Waals surface area contributed by atoms with E-state index in [-0.39, 0.29) is 11.3 Å². The molecule has 5 nitrogen and oxygen atoms in total. The Labute approximate surface area is 173 Å². The van der Waals surface area contributed by atoms with E-state index in [1.54, 1.807) is 18.3 Å². The largest absolute Gasteiger partial charge is 0.507 e. The smallest absolute Gasteiger partial charge is 0.295 e. The minimum absolute atomic E-state index is 0.0351. The summed E-state index contributed by atoms with van der Waals surface area (Å²) in [5.41, 5.74) is 1.90. The highest BCUT2D eigenvalue weighted by molar-refractivity contribution is 6.46. The van der Waals surface area contributed by atoms with Gasteiger partial charge in [-0.2, -0.15) is 0 Å². The van der Waals surface area contributed by atoms with Crippen molar-refractivity contribution in [2.75, 3.05) is 6.54 Å². The number of carbonyl (C=O) groups is 2. The monoisotopic (exact) mass is 406 g/mol. The topological polar surface area (TPSA) is 73.4 Å². The number of aromatic nitrogens is 1. The lowest BCUT2D eigenvalue weighted by Gasteiger charge is -2.25. The van der Waals surface area contributed by atoms with E-state index < -0.39 is 23.5 Å². The van der Waals surface area contributed by atoms with Crippen LogP contribution < -0.4 is 0 Å². The molecule has 1 unspecified atom stereocenters. The summed E-state index contributed by atoms with van der Waals surface area (Å²) >= 11 is 0. The first-order valence-electron chi connectivity index (χ1n) is 10.1. The molecular weight excluding hydrogens is 383 g/mol. The summed E-state index contributed by atoms with van der Waals surface area (Å²) in [6.45, 7) is 2.45. The van der Waals surface area contributed by atoms with Crippen LogP contribution >= 0.6 is 0 Å². The third-order valence-electron chi connectivity index (χ3n) is 5.57. The van der Waals surface area contributed by atoms with Gasteiger partial charge >= 0.3 is 0 Å². The highest BCUT2D eigenvalue weighted by Gasteiger charge is 2.45. The van der Waals surface area contributed by atoms with Gasteiger partial charge in [-0.15, -0.1) is 0 Å². The SMILES string of the molecule is CCCCCN1C(=O)C(=O)/C(=C(\O)c2c[nH]c3ccccc23)C1c1ccc(F)cc1. The summed E-state index contributed by atoms with van der Waals surface area (Å²) in [6.07, 6.45) is 4.27. The highest BCUT2D eigenvalue weighted by Crippen LogP contribution is 2.40. The van der Waals surface area contributed by atoms with E-state index >= 15 is 0 Å². The number of carbonyl (C=O) groups excluding carboxylic acids is 2. The zero-order chi connectivity index (χ0) is 21.3. The number of halogens is 1. The Hall–Kier alpha value is -3.41. The second-order valence-electron chi connectivity index (χ2n) is 7.50. The van der Waals surface area contributed by atoms with Gasteiger partial charge in [0.25, 0.3) is 11.7 Å². The maximum atomic E-state index is 13.5. The average molecular weight is 406 g/mol. The summed E-state index contributed by atoms with van der Waals surface area (Å²) in [5.74, 6) is -1.98. The number of fused-ring (bicyclic) bond motifs is 1. The zero-order valence-electron chi connectivity index (χ0n) is 16.7. The Morgan fingerprint density at radius 2 is 1.83 bits per heavy atom. The van der Waals surface area contributed by atoms with Crippen molar-refractivity contribution in [2.24, 2.45) is 0 Å². The van der Waals surface area contributed by atoms with Crippen LogP contribution in [0.15, 0.2) is 60.3 Å². The summed E-state index contributed by atoms with van der Waals surface area (Å²) in [7, 11) is 0. The van der Waals surface area contributed by atoms with Crippen LogP contribution in [0.2, 0.25) is 0 Å². The lowest BCUT2D eigenvalue weighted by atomic mass is 9.95. The molecule has 2 N–H and O–H groups in total. The van der Waals surface area contributed by atoms with Crippen LogP contribution in [-0.4, -0.2) is 33.2 Å². The second kappa shape index (κ2) is 8.14. The molecule has 1 fully saturated rings. The summed E-state index contributed by atoms with van der Waals surface area (Å²) in [4.78, 5) is 30.4. The minimum atomic E-state index is -0.754. The van der Waals surface area contributed by atoms with Gasteiger partial charge in [-0.05, 0) is 30.2 Å². The summed E-state index contributed by atoms with van der Waals surface area (Å²) in [5, 5.41) is 11.9. The number of unbranched alkanes of at least 4 members (excludes halogenated alkanes) is 2. The number of benzene rings is 2. The predicted octanol–water partition coefficient (Wildman–Crippen LogP) is 4.92. The van der Waals surface area contributed by atoms with Gasteiger partial charge in [0.15, 0.2) is 0 Å². The number of nitrogens with zero attached hydrogens (tertiary/aromatic N) is 1. The summed E-state index contributed by atoms with van der Waals surface area (Å²) in [6, 6.07) is 12.4. The molecule has 0 saturated carbocycles. The van der Waals surface area contributed by atoms with Crippen molar-refractivity contribution in [3.63, 3.8) is 0 Å². The number of ketones is 1. The molecule has 1 amide bonds. The molecule has 6 heteroatoms. The predicted molar refractivity (Wildman–Crippen MR) is 113 cm³/mol. The maximum Gasteiger partial charge on any atom is 0.295 e. The van der Waals surface area contributed by atoms with Crippen molar-refractivity contribution in [2.45, 2.75) is 32.2 Å². The molecule has 2 heterocycles. The van der Waals surface area contributed by atoms with Gasteiger partial charge < -0.3 is 15.0 Å². The van der Waals surface area contributed by atoms with Gasteiger partial charge in [0.05, 0.1) is 11.6 Å². The number of nitrogens with one attached hydrogen (secondary N) is 1. The number of aliphatic hydroxyl groups is 1. The molecule has 1 saturated heterocycles. The Kier molecular flexibility index (Phi) is 5.40. The van der Waals surface area contributed by atoms with Crippen LogP contribution in [0.25, 0.3) is 16.7 Å². The molecule has 1 atom stereocenters. The van der Waals surface area contributed by atoms with E-state index in [2.05, 4.69) is 11.9 Å². The van der Waals surface area contributed by atoms with Crippen LogP contribution in [0.5, 0.6) is 0 Å². The number of hydrogen-bond donors (Lipinski definition) is 2. The number of amides is 1. The zero-order valence-corrected chi connectivity index (χ0v) is 16.7. The first-order valence-corrected chi connectivity index (χ1v) is 10.1. The number of aliphatic hydroxyl groups excluding tert-OH is 1. The van der Waals surface area contributed by atoms with Gasteiger partial charge in [0.2, 0.25) is 0 Å². The number of hydrogen-bond acceptors (Lipinski definition) is 3. The highest BCUT2D eigenvalue weighted by atomic mass is 19.1. The third kappa shape index (κ3) is 3.38. The Balaban J connectivity index is 1.86.